The Balaban J connectivity index is 3.13. The van der Waals surface area contributed by atoms with E-state index in [1.54, 1.807) is 0 Å². The van der Waals surface area contributed by atoms with Crippen LogP contribution in [-0.4, -0.2) is 25.2 Å². The van der Waals surface area contributed by atoms with Crippen LogP contribution in [0.1, 0.15) is 26.2 Å². The summed E-state index contributed by atoms with van der Waals surface area (Å²) in [6, 6.07) is 0. The van der Waals surface area contributed by atoms with Crippen molar-refractivity contribution in [3.63, 3.8) is 0 Å². The summed E-state index contributed by atoms with van der Waals surface area (Å²) < 4.78 is 38.9. The maximum absolute atomic E-state index is 11.5. The van der Waals surface area contributed by atoms with Gasteiger partial charge in [-0.1, -0.05) is 0 Å². The standard InChI is InChI=1S/C8H13F3O2/c1-7(12)4-2-3-5-13-6-8(9,10)11/h2-6H2,1H3. The quantitative estimate of drug-likeness (QED) is 0.612. The third kappa shape index (κ3) is 11.4. The summed E-state index contributed by atoms with van der Waals surface area (Å²) in [5.74, 6) is 0.0517. The third-order valence-corrected chi connectivity index (χ3v) is 1.33. The fourth-order valence-corrected chi connectivity index (χ4v) is 0.766. The Morgan fingerprint density at radius 2 is 1.92 bits per heavy atom. The van der Waals surface area contributed by atoms with Crippen molar-refractivity contribution in [1.82, 2.24) is 0 Å². The summed E-state index contributed by atoms with van der Waals surface area (Å²) in [6.45, 7) is 0.316. The minimum Gasteiger partial charge on any atom is -0.372 e. The van der Waals surface area contributed by atoms with Crippen molar-refractivity contribution in [1.29, 1.82) is 0 Å². The first-order valence-corrected chi connectivity index (χ1v) is 4.06. The summed E-state index contributed by atoms with van der Waals surface area (Å²) in [5, 5.41) is 0. The molecule has 0 aromatic heterocycles. The van der Waals surface area contributed by atoms with Gasteiger partial charge in [-0.25, -0.2) is 0 Å². The molecule has 0 aliphatic rings. The van der Waals surface area contributed by atoms with Crippen LogP contribution in [0.25, 0.3) is 0 Å². The van der Waals surface area contributed by atoms with Crippen LogP contribution >= 0.6 is 0 Å². The Kier molecular flexibility index (Phi) is 5.70. The largest absolute Gasteiger partial charge is 0.411 e. The number of rotatable bonds is 6. The predicted molar refractivity (Wildman–Crippen MR) is 41.4 cm³/mol. The number of unbranched alkanes of at least 4 members (excludes halogenated alkanes) is 1. The predicted octanol–water partition coefficient (Wildman–Crippen LogP) is 2.32. The van der Waals surface area contributed by atoms with Crippen LogP contribution in [0.5, 0.6) is 0 Å². The fourth-order valence-electron chi connectivity index (χ4n) is 0.766. The number of halogens is 3. The normalized spacial score (nSPS) is 11.7. The van der Waals surface area contributed by atoms with Crippen molar-refractivity contribution in [3.8, 4) is 0 Å². The van der Waals surface area contributed by atoms with Crippen molar-refractivity contribution in [3.05, 3.63) is 0 Å². The number of alkyl halides is 3. The molecule has 5 heteroatoms. The van der Waals surface area contributed by atoms with Crippen LogP contribution < -0.4 is 0 Å². The first-order valence-electron chi connectivity index (χ1n) is 4.06. The molecule has 0 spiro atoms. The molecule has 0 saturated heterocycles. The Labute approximate surface area is 75.1 Å². The van der Waals surface area contributed by atoms with Crippen LogP contribution in [0.15, 0.2) is 0 Å². The summed E-state index contributed by atoms with van der Waals surface area (Å²) >= 11 is 0. The average Bonchev–Trinajstić information content (AvgIpc) is 1.93. The molecule has 13 heavy (non-hydrogen) atoms. The Hall–Kier alpha value is -0.580. The van der Waals surface area contributed by atoms with Crippen molar-refractivity contribution in [2.45, 2.75) is 32.4 Å². The Morgan fingerprint density at radius 3 is 2.38 bits per heavy atom. The van der Waals surface area contributed by atoms with Gasteiger partial charge in [0, 0.05) is 13.0 Å². The second kappa shape index (κ2) is 5.96. The highest BCUT2D eigenvalue weighted by Crippen LogP contribution is 2.14. The van der Waals surface area contributed by atoms with Gasteiger partial charge in [0.25, 0.3) is 0 Å². The SMILES string of the molecule is CC(=O)CCCCOCC(F)(F)F. The molecule has 0 N–H and O–H groups in total. The molecule has 2 nitrogen and oxygen atoms in total. The average molecular weight is 198 g/mol. The topological polar surface area (TPSA) is 26.3 Å². The monoisotopic (exact) mass is 198 g/mol. The second-order valence-electron chi connectivity index (χ2n) is 2.83. The molecule has 0 unspecified atom stereocenters. The molecule has 0 aromatic rings. The van der Waals surface area contributed by atoms with Crippen molar-refractivity contribution in [2.24, 2.45) is 0 Å². The lowest BCUT2D eigenvalue weighted by atomic mass is 10.2. The van der Waals surface area contributed by atoms with E-state index >= 15 is 0 Å². The number of carbonyl (C=O) groups is 1. The number of hydrogen-bond acceptors (Lipinski definition) is 2. The van der Waals surface area contributed by atoms with Crippen LogP contribution in [0.2, 0.25) is 0 Å². The van der Waals surface area contributed by atoms with Gasteiger partial charge in [-0.05, 0) is 19.8 Å². The number of Topliss-reactive ketones (excluding diaryl/α,β-unsaturated/α-hetero) is 1. The molecule has 0 heterocycles. The summed E-state index contributed by atoms with van der Waals surface area (Å²) in [4.78, 5) is 10.4. The highest BCUT2D eigenvalue weighted by Gasteiger charge is 2.27. The summed E-state index contributed by atoms with van der Waals surface area (Å²) in [7, 11) is 0. The molecule has 0 fully saturated rings. The first-order chi connectivity index (χ1) is 5.92. The third-order valence-electron chi connectivity index (χ3n) is 1.33. The molecule has 78 valence electrons. The molecule has 0 atom stereocenters. The van der Waals surface area contributed by atoms with Crippen LogP contribution in [0.3, 0.4) is 0 Å². The Bertz CT molecular complexity index is 154. The van der Waals surface area contributed by atoms with Gasteiger partial charge in [0.2, 0.25) is 0 Å². The Morgan fingerprint density at radius 1 is 1.31 bits per heavy atom. The van der Waals surface area contributed by atoms with Crippen molar-refractivity contribution < 1.29 is 22.7 Å². The van der Waals surface area contributed by atoms with E-state index < -0.39 is 12.8 Å². The lowest BCUT2D eigenvalue weighted by Crippen LogP contribution is -2.17. The molecule has 0 rings (SSSR count). The fraction of sp³-hybridized carbons (Fsp3) is 0.875. The van der Waals surface area contributed by atoms with E-state index in [-0.39, 0.29) is 12.4 Å². The van der Waals surface area contributed by atoms with E-state index in [9.17, 15) is 18.0 Å². The zero-order valence-electron chi connectivity index (χ0n) is 7.49. The molecular formula is C8H13F3O2. The van der Waals surface area contributed by atoms with Gasteiger partial charge >= 0.3 is 6.18 Å². The second-order valence-corrected chi connectivity index (χ2v) is 2.83. The van der Waals surface area contributed by atoms with Crippen molar-refractivity contribution >= 4 is 5.78 Å². The first kappa shape index (κ1) is 12.4. The van der Waals surface area contributed by atoms with E-state index in [1.807, 2.05) is 0 Å². The number of ketones is 1. The number of ether oxygens (including phenoxy) is 1. The summed E-state index contributed by atoms with van der Waals surface area (Å²) in [5.41, 5.74) is 0. The minimum atomic E-state index is -4.25. The van der Waals surface area contributed by atoms with E-state index in [4.69, 9.17) is 0 Å². The number of hydrogen-bond donors (Lipinski definition) is 0. The zero-order valence-corrected chi connectivity index (χ0v) is 7.49. The molecule has 0 amide bonds. The van der Waals surface area contributed by atoms with E-state index in [0.717, 1.165) is 0 Å². The summed E-state index contributed by atoms with van der Waals surface area (Å²) in [6.07, 6.45) is -2.75. The molecule has 0 aliphatic carbocycles. The van der Waals surface area contributed by atoms with Gasteiger partial charge in [-0.2, -0.15) is 13.2 Å². The smallest absolute Gasteiger partial charge is 0.372 e. The van der Waals surface area contributed by atoms with Gasteiger partial charge in [0.15, 0.2) is 0 Å². The molecule has 0 aliphatic heterocycles. The molecule has 0 bridgehead atoms. The van der Waals surface area contributed by atoms with Crippen LogP contribution in [0, 0.1) is 0 Å². The van der Waals surface area contributed by atoms with Gasteiger partial charge in [-0.15, -0.1) is 0 Å². The van der Waals surface area contributed by atoms with E-state index in [0.29, 0.717) is 19.3 Å². The van der Waals surface area contributed by atoms with Crippen LogP contribution in [-0.2, 0) is 9.53 Å². The van der Waals surface area contributed by atoms with E-state index in [1.165, 1.54) is 6.92 Å². The lowest BCUT2D eigenvalue weighted by molar-refractivity contribution is -0.174. The highest BCUT2D eigenvalue weighted by molar-refractivity contribution is 5.75. The molecule has 0 saturated carbocycles. The minimum absolute atomic E-state index is 0.0517. The zero-order chi connectivity index (χ0) is 10.3. The number of carbonyl (C=O) groups excluding carboxylic acids is 1. The maximum atomic E-state index is 11.5. The highest BCUT2D eigenvalue weighted by atomic mass is 19.4. The molecular weight excluding hydrogens is 185 g/mol. The van der Waals surface area contributed by atoms with Gasteiger partial charge < -0.3 is 9.53 Å². The van der Waals surface area contributed by atoms with Crippen molar-refractivity contribution in [2.75, 3.05) is 13.2 Å². The lowest BCUT2D eigenvalue weighted by Gasteiger charge is -2.06. The maximum Gasteiger partial charge on any atom is 0.411 e. The van der Waals surface area contributed by atoms with Gasteiger partial charge in [0.05, 0.1) is 0 Å². The van der Waals surface area contributed by atoms with Gasteiger partial charge in [-0.3, -0.25) is 0 Å². The molecule has 0 aromatic carbocycles. The van der Waals surface area contributed by atoms with E-state index in [2.05, 4.69) is 4.74 Å². The van der Waals surface area contributed by atoms with Crippen LogP contribution in [0.4, 0.5) is 13.2 Å². The molecule has 0 radical (unpaired) electrons. The van der Waals surface area contributed by atoms with Gasteiger partial charge in [0.1, 0.15) is 12.4 Å².